The second-order valence-corrected chi connectivity index (χ2v) is 4.97. The van der Waals surface area contributed by atoms with E-state index in [0.717, 1.165) is 10.5 Å². The highest BCUT2D eigenvalue weighted by Gasteiger charge is 2.29. The first-order chi connectivity index (χ1) is 8.67. The van der Waals surface area contributed by atoms with Crippen LogP contribution in [0.4, 0.5) is 5.69 Å². The van der Waals surface area contributed by atoms with Crippen molar-refractivity contribution < 1.29 is 9.59 Å². The summed E-state index contributed by atoms with van der Waals surface area (Å²) in [6.45, 7) is 0.531. The van der Waals surface area contributed by atoms with Gasteiger partial charge in [0.1, 0.15) is 0 Å². The number of rotatable bonds is 3. The van der Waals surface area contributed by atoms with E-state index in [1.165, 1.54) is 16.7 Å². The van der Waals surface area contributed by atoms with Gasteiger partial charge in [-0.3, -0.25) is 9.59 Å². The van der Waals surface area contributed by atoms with E-state index in [2.05, 4.69) is 5.32 Å². The Morgan fingerprint density at radius 1 is 1.56 bits per heavy atom. The maximum Gasteiger partial charge on any atom is 0.247 e. The molecule has 2 amide bonds. The molecule has 1 aromatic carbocycles. The van der Waals surface area contributed by atoms with Crippen LogP contribution in [0.2, 0.25) is 0 Å². The molecule has 1 heterocycles. The summed E-state index contributed by atoms with van der Waals surface area (Å²) in [4.78, 5) is 25.7. The Kier molecular flexibility index (Phi) is 4.00. The van der Waals surface area contributed by atoms with Crippen molar-refractivity contribution in [2.75, 3.05) is 24.2 Å². The van der Waals surface area contributed by atoms with Crippen LogP contribution in [-0.2, 0) is 16.1 Å². The number of nitrogens with zero attached hydrogens (tertiary/aromatic N) is 1. The van der Waals surface area contributed by atoms with Gasteiger partial charge < -0.3 is 11.1 Å². The van der Waals surface area contributed by atoms with Gasteiger partial charge in [0.15, 0.2) is 0 Å². The number of imide groups is 1. The first-order valence-corrected chi connectivity index (χ1v) is 6.62. The predicted molar refractivity (Wildman–Crippen MR) is 71.5 cm³/mol. The average Bonchev–Trinajstić information content (AvgIpc) is 2.38. The van der Waals surface area contributed by atoms with Crippen molar-refractivity contribution in [2.24, 2.45) is 5.73 Å². The molecule has 0 spiro atoms. The molecule has 96 valence electrons. The molecule has 6 heteroatoms. The molecule has 0 aliphatic carbocycles. The SMILES string of the molecule is CNCc1ccc2c(c1)N(C(=O)CN)C(=O)CS2. The lowest BCUT2D eigenvalue weighted by molar-refractivity contribution is -0.124. The minimum atomic E-state index is -0.358. The topological polar surface area (TPSA) is 75.4 Å². The van der Waals surface area contributed by atoms with Gasteiger partial charge in [-0.2, -0.15) is 0 Å². The van der Waals surface area contributed by atoms with Crippen LogP contribution in [-0.4, -0.2) is 31.2 Å². The van der Waals surface area contributed by atoms with Gasteiger partial charge in [-0.1, -0.05) is 6.07 Å². The van der Waals surface area contributed by atoms with Crippen molar-refractivity contribution >= 4 is 29.3 Å². The number of hydrogen-bond acceptors (Lipinski definition) is 5. The standard InChI is InChI=1S/C12H15N3O2S/c1-14-6-8-2-3-10-9(4-8)15(11(16)5-13)12(17)7-18-10/h2-4,14H,5-7,13H2,1H3. The zero-order valence-electron chi connectivity index (χ0n) is 10.1. The molecule has 0 unspecified atom stereocenters. The van der Waals surface area contributed by atoms with Crippen molar-refractivity contribution in [1.29, 1.82) is 0 Å². The van der Waals surface area contributed by atoms with Gasteiger partial charge in [0.25, 0.3) is 0 Å². The molecule has 0 saturated carbocycles. The normalized spacial score (nSPS) is 14.6. The van der Waals surface area contributed by atoms with Crippen LogP contribution in [0.1, 0.15) is 5.56 Å². The smallest absolute Gasteiger partial charge is 0.247 e. The summed E-state index contributed by atoms with van der Waals surface area (Å²) >= 11 is 1.45. The van der Waals surface area contributed by atoms with Crippen LogP contribution < -0.4 is 16.0 Å². The molecular formula is C12H15N3O2S. The van der Waals surface area contributed by atoms with E-state index < -0.39 is 0 Å². The van der Waals surface area contributed by atoms with Gasteiger partial charge >= 0.3 is 0 Å². The Bertz CT molecular complexity index is 490. The fourth-order valence-electron chi connectivity index (χ4n) is 1.88. The lowest BCUT2D eigenvalue weighted by atomic mass is 10.1. The van der Waals surface area contributed by atoms with Crippen LogP contribution in [0.15, 0.2) is 23.1 Å². The Labute approximate surface area is 110 Å². The minimum absolute atomic E-state index is 0.161. The van der Waals surface area contributed by atoms with Crippen molar-refractivity contribution in [3.05, 3.63) is 23.8 Å². The number of benzene rings is 1. The van der Waals surface area contributed by atoms with Crippen molar-refractivity contribution in [3.63, 3.8) is 0 Å². The fourth-order valence-corrected chi connectivity index (χ4v) is 2.75. The second kappa shape index (κ2) is 5.51. The number of carbonyl (C=O) groups is 2. The van der Waals surface area contributed by atoms with Gasteiger partial charge in [0.05, 0.1) is 18.0 Å². The van der Waals surface area contributed by atoms with E-state index in [1.807, 2.05) is 25.2 Å². The molecule has 1 aromatic rings. The molecule has 0 bridgehead atoms. The van der Waals surface area contributed by atoms with E-state index in [9.17, 15) is 9.59 Å². The highest BCUT2D eigenvalue weighted by Crippen LogP contribution is 2.35. The van der Waals surface area contributed by atoms with Crippen LogP contribution >= 0.6 is 11.8 Å². The highest BCUT2D eigenvalue weighted by atomic mass is 32.2. The number of thioether (sulfide) groups is 1. The first-order valence-electron chi connectivity index (χ1n) is 5.63. The van der Waals surface area contributed by atoms with Crippen LogP contribution in [0.3, 0.4) is 0 Å². The molecule has 3 N–H and O–H groups in total. The van der Waals surface area contributed by atoms with Crippen LogP contribution in [0, 0.1) is 0 Å². The van der Waals surface area contributed by atoms with E-state index in [1.54, 1.807) is 0 Å². The summed E-state index contributed by atoms with van der Waals surface area (Å²) in [5.41, 5.74) is 7.04. The number of hydrogen-bond donors (Lipinski definition) is 2. The monoisotopic (exact) mass is 265 g/mol. The Morgan fingerprint density at radius 3 is 3.00 bits per heavy atom. The molecule has 0 fully saturated rings. The number of fused-ring (bicyclic) bond motifs is 1. The molecule has 5 nitrogen and oxygen atoms in total. The predicted octanol–water partition coefficient (Wildman–Crippen LogP) is 0.330. The molecule has 0 radical (unpaired) electrons. The summed E-state index contributed by atoms with van der Waals surface area (Å²) in [6.07, 6.45) is 0. The largest absolute Gasteiger partial charge is 0.322 e. The van der Waals surface area contributed by atoms with Gasteiger partial charge in [-0.15, -0.1) is 11.8 Å². The number of amides is 2. The highest BCUT2D eigenvalue weighted by molar-refractivity contribution is 8.00. The maximum absolute atomic E-state index is 11.8. The molecule has 0 saturated heterocycles. The molecule has 0 atom stereocenters. The summed E-state index contributed by atoms with van der Waals surface area (Å²) in [5.74, 6) is -0.280. The Balaban J connectivity index is 2.43. The van der Waals surface area contributed by atoms with Crippen molar-refractivity contribution in [2.45, 2.75) is 11.4 Å². The summed E-state index contributed by atoms with van der Waals surface area (Å²) in [6, 6.07) is 5.79. The van der Waals surface area contributed by atoms with Gasteiger partial charge in [0, 0.05) is 11.4 Å². The quantitative estimate of drug-likeness (QED) is 0.824. The van der Waals surface area contributed by atoms with Crippen LogP contribution in [0.25, 0.3) is 0 Å². The fraction of sp³-hybridized carbons (Fsp3) is 0.333. The van der Waals surface area contributed by atoms with E-state index >= 15 is 0 Å². The van der Waals surface area contributed by atoms with Crippen molar-refractivity contribution in [3.8, 4) is 0 Å². The third-order valence-corrected chi connectivity index (χ3v) is 3.72. The number of nitrogens with two attached hydrogens (primary N) is 1. The zero-order valence-corrected chi connectivity index (χ0v) is 10.9. The van der Waals surface area contributed by atoms with Gasteiger partial charge in [0.2, 0.25) is 11.8 Å². The number of carbonyl (C=O) groups excluding carboxylic acids is 2. The first kappa shape index (κ1) is 13.1. The van der Waals surface area contributed by atoms with Gasteiger partial charge in [-0.05, 0) is 24.7 Å². The average molecular weight is 265 g/mol. The van der Waals surface area contributed by atoms with E-state index in [4.69, 9.17) is 5.73 Å². The molecule has 0 aromatic heterocycles. The molecule has 1 aliphatic heterocycles. The molecule has 2 rings (SSSR count). The Morgan fingerprint density at radius 2 is 2.33 bits per heavy atom. The summed E-state index contributed by atoms with van der Waals surface area (Å²) in [7, 11) is 1.85. The summed E-state index contributed by atoms with van der Waals surface area (Å²) in [5, 5.41) is 3.04. The Hall–Kier alpha value is -1.37. The van der Waals surface area contributed by atoms with Crippen molar-refractivity contribution in [1.82, 2.24) is 5.32 Å². The van der Waals surface area contributed by atoms with Gasteiger partial charge in [-0.25, -0.2) is 4.90 Å². The third kappa shape index (κ3) is 2.40. The molecular weight excluding hydrogens is 250 g/mol. The maximum atomic E-state index is 11.8. The van der Waals surface area contributed by atoms with E-state index in [-0.39, 0.29) is 24.1 Å². The number of anilines is 1. The lowest BCUT2D eigenvalue weighted by Crippen LogP contribution is -2.43. The van der Waals surface area contributed by atoms with Crippen LogP contribution in [0.5, 0.6) is 0 Å². The third-order valence-electron chi connectivity index (χ3n) is 2.67. The molecule has 18 heavy (non-hydrogen) atoms. The zero-order chi connectivity index (χ0) is 13.1. The summed E-state index contributed by atoms with van der Waals surface area (Å²) < 4.78 is 0. The minimum Gasteiger partial charge on any atom is -0.322 e. The lowest BCUT2D eigenvalue weighted by Gasteiger charge is -2.27. The molecule has 1 aliphatic rings. The van der Waals surface area contributed by atoms with E-state index in [0.29, 0.717) is 12.2 Å². The second-order valence-electron chi connectivity index (χ2n) is 3.95. The number of nitrogens with one attached hydrogen (secondary N) is 1.